The van der Waals surface area contributed by atoms with E-state index in [1.807, 2.05) is 17.9 Å². The number of sulfone groups is 1. The number of aryl methyl sites for hydroxylation is 1. The molecule has 1 aliphatic heterocycles. The molecular weight excluding hydrogens is 440 g/mol. The predicted octanol–water partition coefficient (Wildman–Crippen LogP) is 4.40. The van der Waals surface area contributed by atoms with Crippen LogP contribution in [-0.4, -0.2) is 58.6 Å². The zero-order valence-electron chi connectivity index (χ0n) is 19.6. The van der Waals surface area contributed by atoms with Gasteiger partial charge >= 0.3 is 0 Å². The number of aromatic nitrogens is 3. The number of fused-ring (bicyclic) bond motifs is 1. The largest absolute Gasteiger partial charge is 0.463 e. The Hall–Kier alpha value is -2.68. The van der Waals surface area contributed by atoms with Gasteiger partial charge in [0.05, 0.1) is 40.5 Å². The smallest absolute Gasteiger partial charge is 0.254 e. The first kappa shape index (κ1) is 23.5. The van der Waals surface area contributed by atoms with Crippen LogP contribution >= 0.6 is 0 Å². The number of furan rings is 1. The lowest BCUT2D eigenvalue weighted by atomic mass is 10.1. The molecule has 0 aliphatic carbocycles. The summed E-state index contributed by atoms with van der Waals surface area (Å²) in [6.07, 6.45) is 5.95. The van der Waals surface area contributed by atoms with E-state index in [0.717, 1.165) is 25.7 Å². The summed E-state index contributed by atoms with van der Waals surface area (Å²) in [7, 11) is -3.10. The molecule has 1 saturated heterocycles. The van der Waals surface area contributed by atoms with Crippen LogP contribution in [0.15, 0.2) is 28.9 Å². The average Bonchev–Trinajstić information content (AvgIpc) is 3.52. The van der Waals surface area contributed by atoms with E-state index in [2.05, 4.69) is 18.9 Å². The second kappa shape index (κ2) is 9.67. The fourth-order valence-corrected chi connectivity index (χ4v) is 6.13. The molecule has 3 aromatic rings. The monoisotopic (exact) mass is 472 g/mol. The third-order valence-corrected chi connectivity index (χ3v) is 8.00. The van der Waals surface area contributed by atoms with Crippen LogP contribution in [0.2, 0.25) is 0 Å². The van der Waals surface area contributed by atoms with Gasteiger partial charge in [0.25, 0.3) is 5.91 Å². The van der Waals surface area contributed by atoms with E-state index in [-0.39, 0.29) is 23.5 Å². The highest BCUT2D eigenvalue weighted by atomic mass is 32.2. The Labute approximate surface area is 194 Å². The molecule has 0 spiro atoms. The molecular formula is C24H32N4O4S. The van der Waals surface area contributed by atoms with Gasteiger partial charge in [0.2, 0.25) is 0 Å². The van der Waals surface area contributed by atoms with Gasteiger partial charge in [0.1, 0.15) is 5.69 Å². The maximum Gasteiger partial charge on any atom is 0.254 e. The molecule has 8 nitrogen and oxygen atoms in total. The number of amides is 1. The first-order valence-corrected chi connectivity index (χ1v) is 13.6. The Bertz CT molecular complexity index is 1220. The normalized spacial score (nSPS) is 17.6. The molecule has 0 radical (unpaired) electrons. The van der Waals surface area contributed by atoms with Crippen LogP contribution in [0, 0.1) is 6.92 Å². The van der Waals surface area contributed by atoms with E-state index < -0.39 is 9.84 Å². The molecule has 4 rings (SSSR count). The second-order valence-electron chi connectivity index (χ2n) is 8.82. The number of rotatable bonds is 9. The van der Waals surface area contributed by atoms with Crippen LogP contribution < -0.4 is 0 Å². The molecule has 178 valence electrons. The molecule has 1 aliphatic rings. The highest BCUT2D eigenvalue weighted by molar-refractivity contribution is 7.91. The van der Waals surface area contributed by atoms with Crippen molar-refractivity contribution in [1.29, 1.82) is 0 Å². The molecule has 0 aromatic carbocycles. The van der Waals surface area contributed by atoms with Gasteiger partial charge in [-0.2, -0.15) is 5.10 Å². The molecule has 9 heteroatoms. The summed E-state index contributed by atoms with van der Waals surface area (Å²) in [4.78, 5) is 20.5. The van der Waals surface area contributed by atoms with Crippen molar-refractivity contribution in [2.45, 2.75) is 58.9 Å². The van der Waals surface area contributed by atoms with Crippen molar-refractivity contribution in [3.05, 3.63) is 35.7 Å². The van der Waals surface area contributed by atoms with Gasteiger partial charge in [0.15, 0.2) is 21.2 Å². The lowest BCUT2D eigenvalue weighted by Gasteiger charge is -2.23. The molecule has 0 bridgehead atoms. The zero-order valence-corrected chi connectivity index (χ0v) is 20.4. The lowest BCUT2D eigenvalue weighted by Crippen LogP contribution is -2.33. The standard InChI is InChI=1S/C24H32N4O4S/c1-4-6-11-27(12-7-5-2)24(29)19-15-20(21-9-8-13-32-21)25-23-22(19)17(3)26-28(23)18-10-14-33(30,31)16-18/h8-9,13,15,18H,4-7,10-12,14,16H2,1-3H3. The maximum atomic E-state index is 13.8. The molecule has 1 atom stereocenters. The molecule has 1 unspecified atom stereocenters. The highest BCUT2D eigenvalue weighted by Crippen LogP contribution is 2.32. The van der Waals surface area contributed by atoms with Crippen molar-refractivity contribution in [2.75, 3.05) is 24.6 Å². The van der Waals surface area contributed by atoms with Crippen molar-refractivity contribution in [3.8, 4) is 11.5 Å². The lowest BCUT2D eigenvalue weighted by molar-refractivity contribution is 0.0753. The average molecular weight is 473 g/mol. The van der Waals surface area contributed by atoms with Gasteiger partial charge < -0.3 is 9.32 Å². The predicted molar refractivity (Wildman–Crippen MR) is 128 cm³/mol. The molecule has 0 N–H and O–H groups in total. The fraction of sp³-hybridized carbons (Fsp3) is 0.542. The summed E-state index contributed by atoms with van der Waals surface area (Å²) < 4.78 is 31.6. The quantitative estimate of drug-likeness (QED) is 0.458. The van der Waals surface area contributed by atoms with Crippen LogP contribution in [0.1, 0.15) is 68.0 Å². The number of hydrogen-bond acceptors (Lipinski definition) is 6. The van der Waals surface area contributed by atoms with Gasteiger partial charge in [-0.15, -0.1) is 0 Å². The Balaban J connectivity index is 1.86. The van der Waals surface area contributed by atoms with Crippen LogP contribution in [0.3, 0.4) is 0 Å². The summed E-state index contributed by atoms with van der Waals surface area (Å²) in [5.74, 6) is 0.699. The number of pyridine rings is 1. The van der Waals surface area contributed by atoms with Gasteiger partial charge in [0, 0.05) is 13.1 Å². The van der Waals surface area contributed by atoms with Crippen LogP contribution in [0.5, 0.6) is 0 Å². The van der Waals surface area contributed by atoms with Crippen molar-refractivity contribution in [3.63, 3.8) is 0 Å². The topological polar surface area (TPSA) is 98.3 Å². The first-order chi connectivity index (χ1) is 15.8. The Morgan fingerprint density at radius 1 is 1.24 bits per heavy atom. The van der Waals surface area contributed by atoms with Crippen LogP contribution in [-0.2, 0) is 9.84 Å². The van der Waals surface area contributed by atoms with Gasteiger partial charge in [-0.25, -0.2) is 18.1 Å². The summed E-state index contributed by atoms with van der Waals surface area (Å²) in [6.45, 7) is 7.49. The van der Waals surface area contributed by atoms with E-state index in [1.54, 1.807) is 23.1 Å². The van der Waals surface area contributed by atoms with Crippen molar-refractivity contribution in [1.82, 2.24) is 19.7 Å². The SMILES string of the molecule is CCCCN(CCCC)C(=O)c1cc(-c2ccco2)nc2c1c(C)nn2C1CCS(=O)(=O)C1. The minimum absolute atomic E-state index is 0.0400. The van der Waals surface area contributed by atoms with E-state index in [0.29, 0.717) is 53.3 Å². The minimum Gasteiger partial charge on any atom is -0.463 e. The number of carbonyl (C=O) groups is 1. The summed E-state index contributed by atoms with van der Waals surface area (Å²) >= 11 is 0. The summed E-state index contributed by atoms with van der Waals surface area (Å²) in [6, 6.07) is 5.09. The van der Waals surface area contributed by atoms with E-state index in [1.165, 1.54) is 0 Å². The van der Waals surface area contributed by atoms with Crippen molar-refractivity contribution >= 4 is 26.8 Å². The number of hydrogen-bond donors (Lipinski definition) is 0. The Kier molecular flexibility index (Phi) is 6.88. The maximum absolute atomic E-state index is 13.8. The molecule has 3 aromatic heterocycles. The molecule has 4 heterocycles. The zero-order chi connectivity index (χ0) is 23.6. The second-order valence-corrected chi connectivity index (χ2v) is 11.0. The van der Waals surface area contributed by atoms with Crippen molar-refractivity contribution in [2.24, 2.45) is 0 Å². The van der Waals surface area contributed by atoms with Crippen LogP contribution in [0.4, 0.5) is 0 Å². The number of carbonyl (C=O) groups excluding carboxylic acids is 1. The number of nitrogens with zero attached hydrogens (tertiary/aromatic N) is 4. The van der Waals surface area contributed by atoms with Crippen molar-refractivity contribution < 1.29 is 17.6 Å². The fourth-order valence-electron chi connectivity index (χ4n) is 4.44. The van der Waals surface area contributed by atoms with Gasteiger partial charge in [-0.05, 0) is 44.4 Å². The van der Waals surface area contributed by atoms with Crippen LogP contribution in [0.25, 0.3) is 22.5 Å². The third-order valence-electron chi connectivity index (χ3n) is 6.25. The number of unbranched alkanes of at least 4 members (excludes halogenated alkanes) is 2. The Morgan fingerprint density at radius 3 is 2.55 bits per heavy atom. The van der Waals surface area contributed by atoms with E-state index >= 15 is 0 Å². The van der Waals surface area contributed by atoms with E-state index in [4.69, 9.17) is 9.40 Å². The summed E-state index contributed by atoms with van der Waals surface area (Å²) in [5, 5.41) is 5.37. The van der Waals surface area contributed by atoms with Gasteiger partial charge in [-0.3, -0.25) is 4.79 Å². The summed E-state index contributed by atoms with van der Waals surface area (Å²) in [5.41, 5.74) is 2.31. The molecule has 1 fully saturated rings. The minimum atomic E-state index is -3.10. The first-order valence-electron chi connectivity index (χ1n) is 11.8. The van der Waals surface area contributed by atoms with E-state index in [9.17, 15) is 13.2 Å². The van der Waals surface area contributed by atoms with Gasteiger partial charge in [-0.1, -0.05) is 26.7 Å². The Morgan fingerprint density at radius 2 is 1.97 bits per heavy atom. The third kappa shape index (κ3) is 4.83. The highest BCUT2D eigenvalue weighted by Gasteiger charge is 2.33. The molecule has 1 amide bonds. The molecule has 33 heavy (non-hydrogen) atoms. The molecule has 0 saturated carbocycles.